The van der Waals surface area contributed by atoms with Crippen molar-refractivity contribution in [3.05, 3.63) is 65.2 Å². The van der Waals surface area contributed by atoms with Crippen LogP contribution in [-0.4, -0.2) is 23.3 Å². The Morgan fingerprint density at radius 2 is 1.74 bits per heavy atom. The zero-order valence-electron chi connectivity index (χ0n) is 13.8. The van der Waals surface area contributed by atoms with Crippen molar-refractivity contribution in [2.75, 3.05) is 11.9 Å². The maximum absolute atomic E-state index is 12.3. The van der Waals surface area contributed by atoms with Crippen molar-refractivity contribution in [3.8, 4) is 0 Å². The molecule has 2 rings (SSSR count). The number of nitrogens with one attached hydrogen (secondary N) is 1. The van der Waals surface area contributed by atoms with Gasteiger partial charge in [0.1, 0.15) is 6.54 Å². The Kier molecular flexibility index (Phi) is 5.52. The summed E-state index contributed by atoms with van der Waals surface area (Å²) in [5.41, 5.74) is 3.88. The van der Waals surface area contributed by atoms with Gasteiger partial charge in [-0.05, 0) is 36.6 Å². The molecule has 2 aromatic carbocycles. The zero-order valence-corrected chi connectivity index (χ0v) is 13.8. The Labute approximate surface area is 137 Å². The van der Waals surface area contributed by atoms with Gasteiger partial charge in [-0.2, -0.15) is 0 Å². The molecule has 0 saturated heterocycles. The van der Waals surface area contributed by atoms with Gasteiger partial charge in [-0.15, -0.1) is 0 Å². The average Bonchev–Trinajstić information content (AvgIpc) is 2.51. The molecule has 4 heteroatoms. The normalized spacial score (nSPS) is 10.2. The maximum atomic E-state index is 12.3. The van der Waals surface area contributed by atoms with Crippen LogP contribution in [0.15, 0.2) is 48.5 Å². The summed E-state index contributed by atoms with van der Waals surface area (Å²) in [6.45, 7) is 5.87. The van der Waals surface area contributed by atoms with Crippen molar-refractivity contribution in [2.45, 2.75) is 27.3 Å². The second kappa shape index (κ2) is 7.58. The van der Waals surface area contributed by atoms with E-state index in [4.69, 9.17) is 0 Å². The van der Waals surface area contributed by atoms with Gasteiger partial charge in [0.2, 0.25) is 11.8 Å². The number of hydrogen-bond acceptors (Lipinski definition) is 2. The predicted molar refractivity (Wildman–Crippen MR) is 92.1 cm³/mol. The Balaban J connectivity index is 2.03. The van der Waals surface area contributed by atoms with Crippen molar-refractivity contribution in [1.82, 2.24) is 4.90 Å². The minimum absolute atomic E-state index is 0.0393. The van der Waals surface area contributed by atoms with Crippen LogP contribution in [-0.2, 0) is 16.1 Å². The first kappa shape index (κ1) is 16.7. The van der Waals surface area contributed by atoms with E-state index in [0.29, 0.717) is 6.54 Å². The van der Waals surface area contributed by atoms with E-state index in [1.807, 2.05) is 62.4 Å². The summed E-state index contributed by atoms with van der Waals surface area (Å²) in [7, 11) is 0. The number of hydrogen-bond donors (Lipinski definition) is 1. The molecule has 120 valence electrons. The van der Waals surface area contributed by atoms with E-state index in [9.17, 15) is 9.59 Å². The molecule has 0 heterocycles. The maximum Gasteiger partial charge on any atom is 0.244 e. The fraction of sp³-hybridized carbons (Fsp3) is 0.263. The molecular weight excluding hydrogens is 288 g/mol. The number of carbonyl (C=O) groups is 2. The van der Waals surface area contributed by atoms with Crippen LogP contribution >= 0.6 is 0 Å². The van der Waals surface area contributed by atoms with E-state index in [0.717, 1.165) is 22.4 Å². The molecular formula is C19H22N2O2. The van der Waals surface area contributed by atoms with Gasteiger partial charge in [-0.1, -0.05) is 42.5 Å². The fourth-order valence-corrected chi connectivity index (χ4v) is 2.32. The van der Waals surface area contributed by atoms with Crippen LogP contribution in [0.4, 0.5) is 5.69 Å². The molecule has 2 aromatic rings. The molecule has 0 unspecified atom stereocenters. The van der Waals surface area contributed by atoms with Gasteiger partial charge >= 0.3 is 0 Å². The van der Waals surface area contributed by atoms with Gasteiger partial charge in [-0.25, -0.2) is 0 Å². The summed E-state index contributed by atoms with van der Waals surface area (Å²) < 4.78 is 0. The van der Waals surface area contributed by atoms with Crippen molar-refractivity contribution >= 4 is 17.5 Å². The van der Waals surface area contributed by atoms with Gasteiger partial charge in [0, 0.05) is 19.2 Å². The van der Waals surface area contributed by atoms with Gasteiger partial charge in [0.25, 0.3) is 0 Å². The summed E-state index contributed by atoms with van der Waals surface area (Å²) in [6, 6.07) is 15.6. The third kappa shape index (κ3) is 4.95. The number of rotatable bonds is 5. The lowest BCUT2D eigenvalue weighted by Crippen LogP contribution is -2.36. The highest BCUT2D eigenvalue weighted by Gasteiger charge is 2.14. The van der Waals surface area contributed by atoms with Crippen LogP contribution in [0.25, 0.3) is 0 Å². The number of aryl methyl sites for hydroxylation is 2. The molecule has 0 atom stereocenters. The summed E-state index contributed by atoms with van der Waals surface area (Å²) in [5.74, 6) is -0.310. The van der Waals surface area contributed by atoms with E-state index in [2.05, 4.69) is 5.32 Å². The first-order valence-corrected chi connectivity index (χ1v) is 7.62. The quantitative estimate of drug-likeness (QED) is 0.921. The van der Waals surface area contributed by atoms with E-state index in [-0.39, 0.29) is 18.4 Å². The van der Waals surface area contributed by atoms with Crippen LogP contribution < -0.4 is 5.32 Å². The average molecular weight is 310 g/mol. The lowest BCUT2D eigenvalue weighted by Gasteiger charge is -2.21. The number of amides is 2. The predicted octanol–water partition coefficient (Wildman–Crippen LogP) is 3.29. The summed E-state index contributed by atoms with van der Waals surface area (Å²) in [6.07, 6.45) is 0. The first-order chi connectivity index (χ1) is 11.0. The summed E-state index contributed by atoms with van der Waals surface area (Å²) in [5, 5.41) is 2.89. The third-order valence-corrected chi connectivity index (χ3v) is 3.66. The molecule has 0 spiro atoms. The van der Waals surface area contributed by atoms with E-state index in [1.54, 1.807) is 0 Å². The Morgan fingerprint density at radius 3 is 2.39 bits per heavy atom. The van der Waals surface area contributed by atoms with Gasteiger partial charge in [0.05, 0.1) is 0 Å². The highest BCUT2D eigenvalue weighted by atomic mass is 16.2. The number of nitrogens with zero attached hydrogens (tertiary/aromatic N) is 1. The van der Waals surface area contributed by atoms with Gasteiger partial charge < -0.3 is 10.2 Å². The number of carbonyl (C=O) groups excluding carboxylic acids is 2. The van der Waals surface area contributed by atoms with Gasteiger partial charge in [-0.3, -0.25) is 9.59 Å². The third-order valence-electron chi connectivity index (χ3n) is 3.66. The van der Waals surface area contributed by atoms with Crippen molar-refractivity contribution in [3.63, 3.8) is 0 Å². The molecule has 1 N–H and O–H groups in total. The largest absolute Gasteiger partial charge is 0.329 e. The lowest BCUT2D eigenvalue weighted by atomic mass is 10.1. The Bertz CT molecular complexity index is 696. The molecule has 4 nitrogen and oxygen atoms in total. The van der Waals surface area contributed by atoms with Crippen LogP contribution in [0.5, 0.6) is 0 Å². The first-order valence-electron chi connectivity index (χ1n) is 7.62. The topological polar surface area (TPSA) is 49.4 Å². The van der Waals surface area contributed by atoms with Gasteiger partial charge in [0.15, 0.2) is 0 Å². The molecule has 0 saturated carbocycles. The van der Waals surface area contributed by atoms with Crippen molar-refractivity contribution in [2.24, 2.45) is 0 Å². The lowest BCUT2D eigenvalue weighted by molar-refractivity contribution is -0.133. The van der Waals surface area contributed by atoms with E-state index in [1.165, 1.54) is 11.8 Å². The zero-order chi connectivity index (χ0) is 16.8. The molecule has 0 aliphatic carbocycles. The fourth-order valence-electron chi connectivity index (χ4n) is 2.32. The van der Waals surface area contributed by atoms with E-state index >= 15 is 0 Å². The SMILES string of the molecule is CC(=O)N(CC(=O)Nc1cc(C)ccc1C)Cc1ccccc1. The molecule has 0 aliphatic rings. The highest BCUT2D eigenvalue weighted by Crippen LogP contribution is 2.16. The molecule has 23 heavy (non-hydrogen) atoms. The molecule has 0 radical (unpaired) electrons. The number of anilines is 1. The van der Waals surface area contributed by atoms with Crippen LogP contribution in [0.3, 0.4) is 0 Å². The minimum Gasteiger partial charge on any atom is -0.329 e. The smallest absolute Gasteiger partial charge is 0.244 e. The Morgan fingerprint density at radius 1 is 1.04 bits per heavy atom. The van der Waals surface area contributed by atoms with Crippen LogP contribution in [0.2, 0.25) is 0 Å². The van der Waals surface area contributed by atoms with Crippen LogP contribution in [0.1, 0.15) is 23.6 Å². The van der Waals surface area contributed by atoms with Crippen molar-refractivity contribution < 1.29 is 9.59 Å². The second-order valence-electron chi connectivity index (χ2n) is 5.73. The molecule has 2 amide bonds. The number of benzene rings is 2. The van der Waals surface area contributed by atoms with E-state index < -0.39 is 0 Å². The summed E-state index contributed by atoms with van der Waals surface area (Å²) >= 11 is 0. The standard InChI is InChI=1S/C19H22N2O2/c1-14-9-10-15(2)18(11-14)20-19(23)13-21(16(3)22)12-17-7-5-4-6-8-17/h4-11H,12-13H2,1-3H3,(H,20,23). The molecule has 0 bridgehead atoms. The monoisotopic (exact) mass is 310 g/mol. The van der Waals surface area contributed by atoms with Crippen molar-refractivity contribution in [1.29, 1.82) is 0 Å². The Hall–Kier alpha value is -2.62. The molecule has 0 aromatic heterocycles. The molecule has 0 aliphatic heterocycles. The second-order valence-corrected chi connectivity index (χ2v) is 5.73. The summed E-state index contributed by atoms with van der Waals surface area (Å²) in [4.78, 5) is 25.6. The minimum atomic E-state index is -0.190. The highest BCUT2D eigenvalue weighted by molar-refractivity contribution is 5.94. The molecule has 0 fully saturated rings. The van der Waals surface area contributed by atoms with Crippen LogP contribution in [0, 0.1) is 13.8 Å².